The quantitative estimate of drug-likeness (QED) is 0.513. The third kappa shape index (κ3) is 1.11. The largest absolute Gasteiger partial charge is 0.494 e. The van der Waals surface area contributed by atoms with E-state index in [1.165, 1.54) is 20.3 Å². The van der Waals surface area contributed by atoms with Gasteiger partial charge >= 0.3 is 5.97 Å². The Labute approximate surface area is 58.4 Å². The van der Waals surface area contributed by atoms with E-state index in [9.17, 15) is 4.79 Å². The molecule has 1 heterocycles. The van der Waals surface area contributed by atoms with Gasteiger partial charge in [0.05, 0.1) is 13.2 Å². The zero-order chi connectivity index (χ0) is 7.56. The molecule has 0 aromatic carbocycles. The van der Waals surface area contributed by atoms with Gasteiger partial charge in [-0.1, -0.05) is 0 Å². The maximum atomic E-state index is 10.5. The van der Waals surface area contributed by atoms with Crippen LogP contribution in [0.5, 0.6) is 0 Å². The summed E-state index contributed by atoms with van der Waals surface area (Å²) >= 11 is 0. The van der Waals surface area contributed by atoms with Crippen LogP contribution in [0.3, 0.4) is 0 Å². The van der Waals surface area contributed by atoms with Gasteiger partial charge in [0.1, 0.15) is 0 Å². The summed E-state index contributed by atoms with van der Waals surface area (Å²) in [5.41, 5.74) is 0. The van der Waals surface area contributed by atoms with Crippen molar-refractivity contribution in [2.75, 3.05) is 14.2 Å². The second-order valence-electron chi connectivity index (χ2n) is 1.76. The molecule has 0 bridgehead atoms. The van der Waals surface area contributed by atoms with Crippen molar-refractivity contribution in [3.63, 3.8) is 0 Å². The van der Waals surface area contributed by atoms with Crippen LogP contribution in [0.15, 0.2) is 11.8 Å². The normalized spacial score (nSPS) is 24.0. The first kappa shape index (κ1) is 7.08. The Morgan fingerprint density at radius 3 is 2.70 bits per heavy atom. The number of ether oxygens (including phenoxy) is 3. The standard InChI is InChI=1S/C6H8O4/c1-8-4-3-5(7)10-6(4)9-2/h3,6H,1-2H3. The van der Waals surface area contributed by atoms with Crippen molar-refractivity contribution in [2.24, 2.45) is 0 Å². The van der Waals surface area contributed by atoms with E-state index < -0.39 is 12.3 Å². The van der Waals surface area contributed by atoms with Crippen LogP contribution in [0, 0.1) is 0 Å². The van der Waals surface area contributed by atoms with Crippen molar-refractivity contribution in [1.82, 2.24) is 0 Å². The predicted octanol–water partition coefficient (Wildman–Crippen LogP) is 0.0460. The molecule has 10 heavy (non-hydrogen) atoms. The maximum Gasteiger partial charge on any atom is 0.337 e. The van der Waals surface area contributed by atoms with Crippen LogP contribution in [0.25, 0.3) is 0 Å². The first-order valence-electron chi connectivity index (χ1n) is 2.77. The van der Waals surface area contributed by atoms with Crippen molar-refractivity contribution >= 4 is 5.97 Å². The SMILES string of the molecule is COC1=CC(=O)OC1OC. The second kappa shape index (κ2) is 2.70. The molecule has 0 spiro atoms. The molecule has 0 aromatic rings. The van der Waals surface area contributed by atoms with Crippen LogP contribution in [-0.4, -0.2) is 26.5 Å². The van der Waals surface area contributed by atoms with Crippen LogP contribution in [0.4, 0.5) is 0 Å². The average molecular weight is 144 g/mol. The number of cyclic esters (lactones) is 1. The molecular formula is C6H8O4. The molecule has 1 aliphatic heterocycles. The highest BCUT2D eigenvalue weighted by atomic mass is 16.7. The Bertz CT molecular complexity index is 173. The van der Waals surface area contributed by atoms with Gasteiger partial charge in [0.2, 0.25) is 0 Å². The van der Waals surface area contributed by atoms with Crippen molar-refractivity contribution in [2.45, 2.75) is 6.29 Å². The van der Waals surface area contributed by atoms with E-state index in [2.05, 4.69) is 4.74 Å². The van der Waals surface area contributed by atoms with Crippen molar-refractivity contribution < 1.29 is 19.0 Å². The molecule has 56 valence electrons. The number of esters is 1. The number of hydrogen-bond acceptors (Lipinski definition) is 4. The Kier molecular flexibility index (Phi) is 1.91. The highest BCUT2D eigenvalue weighted by Crippen LogP contribution is 2.15. The van der Waals surface area contributed by atoms with Crippen molar-refractivity contribution in [3.8, 4) is 0 Å². The van der Waals surface area contributed by atoms with Gasteiger partial charge in [0, 0.05) is 7.11 Å². The zero-order valence-electron chi connectivity index (χ0n) is 5.79. The molecule has 1 aliphatic rings. The third-order valence-electron chi connectivity index (χ3n) is 1.17. The van der Waals surface area contributed by atoms with E-state index in [1.54, 1.807) is 0 Å². The lowest BCUT2D eigenvalue weighted by molar-refractivity contribution is -0.158. The number of hydrogen-bond donors (Lipinski definition) is 0. The summed E-state index contributed by atoms with van der Waals surface area (Å²) in [5.74, 6) is -0.0174. The van der Waals surface area contributed by atoms with Gasteiger partial charge in [-0.3, -0.25) is 0 Å². The fourth-order valence-electron chi connectivity index (χ4n) is 0.701. The fraction of sp³-hybridized carbons (Fsp3) is 0.500. The smallest absolute Gasteiger partial charge is 0.337 e. The fourth-order valence-corrected chi connectivity index (χ4v) is 0.701. The molecule has 1 atom stereocenters. The number of carbonyl (C=O) groups is 1. The summed E-state index contributed by atoms with van der Waals surface area (Å²) in [7, 11) is 2.90. The minimum absolute atomic E-state index is 0.410. The van der Waals surface area contributed by atoms with Gasteiger partial charge in [-0.25, -0.2) is 4.79 Å². The average Bonchev–Trinajstić information content (AvgIpc) is 2.30. The van der Waals surface area contributed by atoms with Crippen LogP contribution in [-0.2, 0) is 19.0 Å². The van der Waals surface area contributed by atoms with Crippen LogP contribution < -0.4 is 0 Å². The highest BCUT2D eigenvalue weighted by molar-refractivity contribution is 5.85. The van der Waals surface area contributed by atoms with E-state index in [-0.39, 0.29) is 0 Å². The topological polar surface area (TPSA) is 44.8 Å². The van der Waals surface area contributed by atoms with Crippen molar-refractivity contribution in [1.29, 1.82) is 0 Å². The van der Waals surface area contributed by atoms with Gasteiger partial charge in [-0.15, -0.1) is 0 Å². The van der Waals surface area contributed by atoms with Crippen molar-refractivity contribution in [3.05, 3.63) is 11.8 Å². The van der Waals surface area contributed by atoms with Gasteiger partial charge in [-0.2, -0.15) is 0 Å². The summed E-state index contributed by atoms with van der Waals surface area (Å²) in [6.45, 7) is 0. The number of carbonyl (C=O) groups excluding carboxylic acids is 1. The van der Waals surface area contributed by atoms with Gasteiger partial charge < -0.3 is 14.2 Å². The van der Waals surface area contributed by atoms with E-state index in [4.69, 9.17) is 9.47 Å². The molecule has 0 fully saturated rings. The van der Waals surface area contributed by atoms with Crippen LogP contribution in [0.2, 0.25) is 0 Å². The highest BCUT2D eigenvalue weighted by Gasteiger charge is 2.26. The van der Waals surface area contributed by atoms with Gasteiger partial charge in [-0.05, 0) is 0 Å². The molecule has 1 rings (SSSR count). The third-order valence-corrected chi connectivity index (χ3v) is 1.17. The second-order valence-corrected chi connectivity index (χ2v) is 1.76. The first-order chi connectivity index (χ1) is 4.77. The molecule has 0 radical (unpaired) electrons. The summed E-state index contributed by atoms with van der Waals surface area (Å²) in [6.07, 6.45) is 0.603. The van der Waals surface area contributed by atoms with E-state index in [0.29, 0.717) is 5.76 Å². The van der Waals surface area contributed by atoms with E-state index in [1.807, 2.05) is 0 Å². The minimum atomic E-state index is -0.655. The first-order valence-corrected chi connectivity index (χ1v) is 2.77. The molecule has 0 aromatic heterocycles. The molecule has 0 aliphatic carbocycles. The molecule has 4 heteroatoms. The summed E-state index contributed by atoms with van der Waals surface area (Å²) < 4.78 is 14.2. The molecule has 0 amide bonds. The predicted molar refractivity (Wildman–Crippen MR) is 32.0 cm³/mol. The van der Waals surface area contributed by atoms with Gasteiger partial charge in [0.25, 0.3) is 6.29 Å². The lowest BCUT2D eigenvalue weighted by Gasteiger charge is -2.09. The molecule has 1 unspecified atom stereocenters. The van der Waals surface area contributed by atoms with E-state index in [0.717, 1.165) is 0 Å². The number of methoxy groups -OCH3 is 2. The lowest BCUT2D eigenvalue weighted by atomic mass is 10.5. The molecular weight excluding hydrogens is 136 g/mol. The summed E-state index contributed by atoms with van der Waals surface area (Å²) in [4.78, 5) is 10.5. The molecule has 0 N–H and O–H groups in total. The zero-order valence-corrected chi connectivity index (χ0v) is 5.79. The monoisotopic (exact) mass is 144 g/mol. The maximum absolute atomic E-state index is 10.5. The number of rotatable bonds is 2. The molecule has 0 saturated heterocycles. The van der Waals surface area contributed by atoms with Gasteiger partial charge in [0.15, 0.2) is 5.76 Å². The Morgan fingerprint density at radius 2 is 2.30 bits per heavy atom. The molecule has 4 nitrogen and oxygen atoms in total. The van der Waals surface area contributed by atoms with Crippen LogP contribution >= 0.6 is 0 Å². The molecule has 0 saturated carbocycles. The Hall–Kier alpha value is -1.03. The summed E-state index contributed by atoms with van der Waals surface area (Å²) in [6, 6.07) is 0. The Morgan fingerprint density at radius 1 is 1.60 bits per heavy atom. The van der Waals surface area contributed by atoms with Crippen LogP contribution in [0.1, 0.15) is 0 Å². The van der Waals surface area contributed by atoms with E-state index >= 15 is 0 Å². The Balaban J connectivity index is 2.65. The summed E-state index contributed by atoms with van der Waals surface area (Å²) in [5, 5.41) is 0. The minimum Gasteiger partial charge on any atom is -0.494 e. The lowest BCUT2D eigenvalue weighted by Crippen LogP contribution is -2.14.